The Morgan fingerprint density at radius 3 is 2.53 bits per heavy atom. The molecule has 0 atom stereocenters. The minimum atomic E-state index is -0.229. The van der Waals surface area contributed by atoms with Gasteiger partial charge in [0.1, 0.15) is 5.75 Å². The summed E-state index contributed by atoms with van der Waals surface area (Å²) in [5, 5.41) is 1.15. The summed E-state index contributed by atoms with van der Waals surface area (Å²) in [7, 11) is 4.95. The third-order valence-electron chi connectivity index (χ3n) is 2.85. The average molecular weight is 235 g/mol. The molecule has 0 aliphatic carbocycles. The van der Waals surface area contributed by atoms with E-state index in [1.54, 1.807) is 21.3 Å². The zero-order chi connectivity index (χ0) is 12.3. The lowest BCUT2D eigenvalue weighted by Crippen LogP contribution is -2.19. The van der Waals surface area contributed by atoms with Crippen LogP contribution in [0.4, 0.5) is 0 Å². The molecule has 1 aromatic heterocycles. The number of benzene rings is 1. The molecule has 0 spiro atoms. The quantitative estimate of drug-likeness (QED) is 0.745. The third kappa shape index (κ3) is 2.43. The van der Waals surface area contributed by atoms with Gasteiger partial charge in [-0.15, -0.1) is 0 Å². The van der Waals surface area contributed by atoms with E-state index in [2.05, 4.69) is 10.6 Å². The van der Waals surface area contributed by atoms with Gasteiger partial charge in [0.25, 0.3) is 0 Å². The van der Waals surface area contributed by atoms with Crippen molar-refractivity contribution in [2.45, 2.75) is 12.8 Å². The van der Waals surface area contributed by atoms with Gasteiger partial charge in [0.15, 0.2) is 6.29 Å². The summed E-state index contributed by atoms with van der Waals surface area (Å²) in [5.74, 6) is 0.866. The molecular formula is C13H17NO3. The molecule has 0 unspecified atom stereocenters. The second-order valence-electron chi connectivity index (χ2n) is 3.79. The van der Waals surface area contributed by atoms with Gasteiger partial charge in [-0.3, -0.25) is 0 Å². The molecule has 0 saturated carbocycles. The standard InChI is InChI=1S/C13H17NO3/c1-15-11-4-5-12-10(8-11)6-7-14(12)9-13(16-2)17-3/h4-8,13H,9H2,1-3H3. The summed E-state index contributed by atoms with van der Waals surface area (Å²) in [4.78, 5) is 0. The summed E-state index contributed by atoms with van der Waals surface area (Å²) in [5.41, 5.74) is 1.14. The highest BCUT2D eigenvalue weighted by molar-refractivity contribution is 5.81. The van der Waals surface area contributed by atoms with Crippen molar-refractivity contribution < 1.29 is 14.2 Å². The molecule has 0 N–H and O–H groups in total. The number of rotatable bonds is 5. The van der Waals surface area contributed by atoms with Crippen molar-refractivity contribution in [3.8, 4) is 5.75 Å². The molecule has 2 aromatic rings. The van der Waals surface area contributed by atoms with Crippen LogP contribution in [0.1, 0.15) is 0 Å². The van der Waals surface area contributed by atoms with E-state index >= 15 is 0 Å². The van der Waals surface area contributed by atoms with E-state index < -0.39 is 0 Å². The van der Waals surface area contributed by atoms with E-state index in [-0.39, 0.29) is 6.29 Å². The van der Waals surface area contributed by atoms with Crippen LogP contribution in [-0.4, -0.2) is 32.2 Å². The number of hydrogen-bond acceptors (Lipinski definition) is 3. The number of hydrogen-bond donors (Lipinski definition) is 0. The molecule has 0 amide bonds. The molecule has 1 aromatic carbocycles. The SMILES string of the molecule is COc1ccc2c(ccn2CC(OC)OC)c1. The highest BCUT2D eigenvalue weighted by Crippen LogP contribution is 2.22. The summed E-state index contributed by atoms with van der Waals surface area (Å²) in [6, 6.07) is 8.06. The van der Waals surface area contributed by atoms with Crippen molar-refractivity contribution >= 4 is 10.9 Å². The normalized spacial score (nSPS) is 11.3. The maximum atomic E-state index is 5.20. The lowest BCUT2D eigenvalue weighted by molar-refractivity contribution is -0.110. The van der Waals surface area contributed by atoms with Crippen LogP contribution < -0.4 is 4.74 Å². The van der Waals surface area contributed by atoms with Crippen LogP contribution in [0.25, 0.3) is 10.9 Å². The fourth-order valence-corrected chi connectivity index (χ4v) is 1.87. The molecule has 2 rings (SSSR count). The number of nitrogens with zero attached hydrogens (tertiary/aromatic N) is 1. The van der Waals surface area contributed by atoms with Crippen molar-refractivity contribution in [3.05, 3.63) is 30.5 Å². The van der Waals surface area contributed by atoms with E-state index in [0.717, 1.165) is 16.7 Å². The van der Waals surface area contributed by atoms with Crippen LogP contribution in [0, 0.1) is 0 Å². The Balaban J connectivity index is 2.30. The van der Waals surface area contributed by atoms with E-state index in [1.807, 2.05) is 24.4 Å². The molecule has 0 aliphatic heterocycles. The highest BCUT2D eigenvalue weighted by Gasteiger charge is 2.08. The molecule has 17 heavy (non-hydrogen) atoms. The molecule has 0 fully saturated rings. The Morgan fingerprint density at radius 2 is 1.88 bits per heavy atom. The highest BCUT2D eigenvalue weighted by atomic mass is 16.7. The minimum Gasteiger partial charge on any atom is -0.497 e. The molecule has 0 bridgehead atoms. The molecule has 0 aliphatic rings. The maximum absolute atomic E-state index is 5.20. The predicted octanol–water partition coefficient (Wildman–Crippen LogP) is 2.27. The van der Waals surface area contributed by atoms with Gasteiger partial charge in [-0.05, 0) is 24.3 Å². The molecule has 4 heteroatoms. The summed E-state index contributed by atoms with van der Waals surface area (Å²) >= 11 is 0. The Kier molecular flexibility index (Phi) is 3.66. The molecule has 92 valence electrons. The topological polar surface area (TPSA) is 32.6 Å². The van der Waals surface area contributed by atoms with Crippen molar-refractivity contribution in [1.82, 2.24) is 4.57 Å². The monoisotopic (exact) mass is 235 g/mol. The Hall–Kier alpha value is -1.52. The first-order valence-electron chi connectivity index (χ1n) is 5.47. The maximum Gasteiger partial charge on any atom is 0.174 e. The second-order valence-corrected chi connectivity index (χ2v) is 3.79. The van der Waals surface area contributed by atoms with Crippen LogP contribution in [-0.2, 0) is 16.0 Å². The van der Waals surface area contributed by atoms with E-state index in [4.69, 9.17) is 14.2 Å². The summed E-state index contributed by atoms with van der Waals surface area (Å²) < 4.78 is 17.7. The Labute approximate surface area is 101 Å². The third-order valence-corrected chi connectivity index (χ3v) is 2.85. The largest absolute Gasteiger partial charge is 0.497 e. The van der Waals surface area contributed by atoms with Crippen LogP contribution >= 0.6 is 0 Å². The van der Waals surface area contributed by atoms with Gasteiger partial charge < -0.3 is 18.8 Å². The van der Waals surface area contributed by atoms with Gasteiger partial charge in [-0.2, -0.15) is 0 Å². The Morgan fingerprint density at radius 1 is 1.12 bits per heavy atom. The fourth-order valence-electron chi connectivity index (χ4n) is 1.87. The lowest BCUT2D eigenvalue weighted by Gasteiger charge is -2.15. The molecule has 1 heterocycles. The lowest BCUT2D eigenvalue weighted by atomic mass is 10.2. The molecule has 0 saturated heterocycles. The van der Waals surface area contributed by atoms with Gasteiger partial charge in [0, 0.05) is 31.3 Å². The first-order valence-corrected chi connectivity index (χ1v) is 5.47. The van der Waals surface area contributed by atoms with Gasteiger partial charge in [0.2, 0.25) is 0 Å². The molecule has 4 nitrogen and oxygen atoms in total. The van der Waals surface area contributed by atoms with Gasteiger partial charge in [-0.1, -0.05) is 0 Å². The van der Waals surface area contributed by atoms with Gasteiger partial charge >= 0.3 is 0 Å². The fraction of sp³-hybridized carbons (Fsp3) is 0.385. The van der Waals surface area contributed by atoms with Crippen molar-refractivity contribution in [1.29, 1.82) is 0 Å². The van der Waals surface area contributed by atoms with Crippen molar-refractivity contribution in [2.75, 3.05) is 21.3 Å². The summed E-state index contributed by atoms with van der Waals surface area (Å²) in [6.45, 7) is 0.669. The average Bonchev–Trinajstić information content (AvgIpc) is 2.78. The number of methoxy groups -OCH3 is 3. The molecule has 0 radical (unpaired) electrons. The van der Waals surface area contributed by atoms with Crippen molar-refractivity contribution in [3.63, 3.8) is 0 Å². The zero-order valence-corrected chi connectivity index (χ0v) is 10.3. The second kappa shape index (κ2) is 5.21. The van der Waals surface area contributed by atoms with Crippen LogP contribution in [0.15, 0.2) is 30.5 Å². The van der Waals surface area contributed by atoms with Crippen LogP contribution in [0.2, 0.25) is 0 Å². The number of aromatic nitrogens is 1. The first kappa shape index (κ1) is 12.0. The zero-order valence-electron chi connectivity index (χ0n) is 10.3. The smallest absolute Gasteiger partial charge is 0.174 e. The Bertz CT molecular complexity index is 488. The molecular weight excluding hydrogens is 218 g/mol. The van der Waals surface area contributed by atoms with Crippen LogP contribution in [0.5, 0.6) is 5.75 Å². The summed E-state index contributed by atoms with van der Waals surface area (Å²) in [6.07, 6.45) is 1.79. The number of ether oxygens (including phenoxy) is 3. The van der Waals surface area contributed by atoms with Gasteiger partial charge in [-0.25, -0.2) is 0 Å². The first-order chi connectivity index (χ1) is 8.28. The minimum absolute atomic E-state index is 0.229. The van der Waals surface area contributed by atoms with E-state index in [9.17, 15) is 0 Å². The van der Waals surface area contributed by atoms with E-state index in [0.29, 0.717) is 6.54 Å². The van der Waals surface area contributed by atoms with E-state index in [1.165, 1.54) is 0 Å². The number of fused-ring (bicyclic) bond motifs is 1. The van der Waals surface area contributed by atoms with Gasteiger partial charge in [0.05, 0.1) is 13.7 Å². The predicted molar refractivity (Wildman–Crippen MR) is 66.3 cm³/mol. The van der Waals surface area contributed by atoms with Crippen LogP contribution in [0.3, 0.4) is 0 Å². The van der Waals surface area contributed by atoms with Crippen molar-refractivity contribution in [2.24, 2.45) is 0 Å².